The first-order valence-electron chi connectivity index (χ1n) is 5.43. The highest BCUT2D eigenvalue weighted by molar-refractivity contribution is 8.13. The Morgan fingerprint density at radius 2 is 2.06 bits per heavy atom. The lowest BCUT2D eigenvalue weighted by Crippen LogP contribution is -2.29. The highest BCUT2D eigenvalue weighted by Crippen LogP contribution is 2.24. The number of amides is 1. The van der Waals surface area contributed by atoms with E-state index in [0.717, 1.165) is 6.07 Å². The molecule has 0 bridgehead atoms. The van der Waals surface area contributed by atoms with Crippen LogP contribution in [0.2, 0.25) is 0 Å². The number of furan rings is 1. The number of hydrogen-bond donors (Lipinski definition) is 0. The Kier molecular flexibility index (Phi) is 4.45. The lowest BCUT2D eigenvalue weighted by molar-refractivity contribution is 0.0746. The normalized spacial score (nSPS) is 11.9. The molecule has 1 aromatic rings. The largest absolute Gasteiger partial charge is 0.455 e. The fourth-order valence-corrected chi connectivity index (χ4v) is 2.72. The first-order valence-corrected chi connectivity index (χ1v) is 7.74. The van der Waals surface area contributed by atoms with Gasteiger partial charge in [-0.1, -0.05) is 13.8 Å². The van der Waals surface area contributed by atoms with Crippen molar-refractivity contribution in [2.24, 2.45) is 5.92 Å². The predicted octanol–water partition coefficient (Wildman–Crippen LogP) is 2.24. The molecule has 0 spiro atoms. The molecule has 0 atom stereocenters. The van der Waals surface area contributed by atoms with Gasteiger partial charge in [-0.25, -0.2) is 8.42 Å². The predicted molar refractivity (Wildman–Crippen MR) is 68.3 cm³/mol. The highest BCUT2D eigenvalue weighted by Gasteiger charge is 2.24. The summed E-state index contributed by atoms with van der Waals surface area (Å²) in [6, 6.07) is 1.16. The van der Waals surface area contributed by atoms with Gasteiger partial charge >= 0.3 is 0 Å². The first-order chi connectivity index (χ1) is 8.12. The lowest BCUT2D eigenvalue weighted by atomic mass is 10.2. The van der Waals surface area contributed by atoms with Crippen molar-refractivity contribution >= 4 is 25.6 Å². The number of halogens is 1. The molecule has 7 heteroatoms. The Morgan fingerprint density at radius 1 is 1.50 bits per heavy atom. The number of aryl methyl sites for hydroxylation is 1. The SMILES string of the molecule is Cc1oc(C(=O)N(C)CC(C)C)cc1S(=O)(=O)Cl. The fraction of sp³-hybridized carbons (Fsp3) is 0.545. The molecule has 1 rings (SSSR count). The van der Waals surface area contributed by atoms with Crippen molar-refractivity contribution in [3.05, 3.63) is 17.6 Å². The highest BCUT2D eigenvalue weighted by atomic mass is 35.7. The van der Waals surface area contributed by atoms with Crippen molar-refractivity contribution < 1.29 is 17.6 Å². The van der Waals surface area contributed by atoms with Crippen molar-refractivity contribution in [2.75, 3.05) is 13.6 Å². The van der Waals surface area contributed by atoms with Crippen LogP contribution >= 0.6 is 10.7 Å². The molecule has 1 heterocycles. The van der Waals surface area contributed by atoms with Gasteiger partial charge in [-0.3, -0.25) is 4.79 Å². The molecule has 0 aliphatic heterocycles. The van der Waals surface area contributed by atoms with E-state index in [1.807, 2.05) is 13.8 Å². The Hall–Kier alpha value is -1.01. The van der Waals surface area contributed by atoms with Crippen molar-refractivity contribution in [2.45, 2.75) is 25.7 Å². The van der Waals surface area contributed by atoms with Gasteiger partial charge in [-0.05, 0) is 12.8 Å². The van der Waals surface area contributed by atoms with Crippen LogP contribution in [0, 0.1) is 12.8 Å². The monoisotopic (exact) mass is 293 g/mol. The summed E-state index contributed by atoms with van der Waals surface area (Å²) < 4.78 is 27.6. The quantitative estimate of drug-likeness (QED) is 0.799. The average molecular weight is 294 g/mol. The zero-order chi connectivity index (χ0) is 14.1. The van der Waals surface area contributed by atoms with Crippen LogP contribution in [0.15, 0.2) is 15.4 Å². The fourth-order valence-electron chi connectivity index (χ4n) is 1.63. The van der Waals surface area contributed by atoms with Gasteiger partial charge in [0.1, 0.15) is 10.7 Å². The molecule has 0 radical (unpaired) electrons. The third kappa shape index (κ3) is 3.49. The zero-order valence-corrected chi connectivity index (χ0v) is 12.3. The second-order valence-electron chi connectivity index (χ2n) is 4.55. The molecule has 1 aromatic heterocycles. The van der Waals surface area contributed by atoms with Crippen LogP contribution in [0.5, 0.6) is 0 Å². The first kappa shape index (κ1) is 15.0. The van der Waals surface area contributed by atoms with E-state index < -0.39 is 9.05 Å². The van der Waals surface area contributed by atoms with E-state index >= 15 is 0 Å². The second-order valence-corrected chi connectivity index (χ2v) is 7.08. The maximum absolute atomic E-state index is 12.0. The zero-order valence-electron chi connectivity index (χ0n) is 10.7. The summed E-state index contributed by atoms with van der Waals surface area (Å²) >= 11 is 0. The number of carbonyl (C=O) groups is 1. The summed E-state index contributed by atoms with van der Waals surface area (Å²) in [5.74, 6) is 0.0470. The smallest absolute Gasteiger partial charge is 0.289 e. The van der Waals surface area contributed by atoms with Crippen LogP contribution in [0.4, 0.5) is 0 Å². The van der Waals surface area contributed by atoms with Crippen LogP contribution < -0.4 is 0 Å². The molecule has 18 heavy (non-hydrogen) atoms. The van der Waals surface area contributed by atoms with Gasteiger partial charge in [-0.2, -0.15) is 0 Å². The van der Waals surface area contributed by atoms with E-state index in [1.165, 1.54) is 11.8 Å². The van der Waals surface area contributed by atoms with E-state index in [9.17, 15) is 13.2 Å². The van der Waals surface area contributed by atoms with Gasteiger partial charge in [0.25, 0.3) is 15.0 Å². The summed E-state index contributed by atoms with van der Waals surface area (Å²) in [6.07, 6.45) is 0. The summed E-state index contributed by atoms with van der Waals surface area (Å²) in [4.78, 5) is 13.3. The average Bonchev–Trinajstić information content (AvgIpc) is 2.57. The molecule has 0 saturated heterocycles. The Bertz CT molecular complexity index is 547. The molecule has 0 unspecified atom stereocenters. The number of hydrogen-bond acceptors (Lipinski definition) is 4. The number of rotatable bonds is 4. The standard InChI is InChI=1S/C11H16ClNO4S/c1-7(2)6-13(4)11(14)9-5-10(8(3)17-9)18(12,15)16/h5,7H,6H2,1-4H3. The molecule has 102 valence electrons. The summed E-state index contributed by atoms with van der Waals surface area (Å²) in [6.45, 7) is 5.97. The molecular formula is C11H16ClNO4S. The third-order valence-corrected chi connectivity index (χ3v) is 3.76. The van der Waals surface area contributed by atoms with Gasteiger partial charge in [0, 0.05) is 30.3 Å². The van der Waals surface area contributed by atoms with Crippen LogP contribution in [0.3, 0.4) is 0 Å². The molecular weight excluding hydrogens is 278 g/mol. The van der Waals surface area contributed by atoms with Gasteiger partial charge in [0.2, 0.25) is 0 Å². The molecule has 0 aliphatic rings. The third-order valence-electron chi connectivity index (χ3n) is 2.33. The molecule has 1 amide bonds. The topological polar surface area (TPSA) is 67.6 Å². The van der Waals surface area contributed by atoms with Gasteiger partial charge in [0.05, 0.1) is 0 Å². The van der Waals surface area contributed by atoms with E-state index in [-0.39, 0.29) is 22.3 Å². The van der Waals surface area contributed by atoms with Gasteiger partial charge in [0.15, 0.2) is 5.76 Å². The number of nitrogens with zero attached hydrogens (tertiary/aromatic N) is 1. The molecule has 0 N–H and O–H groups in total. The summed E-state index contributed by atoms with van der Waals surface area (Å²) in [7, 11) is 2.98. The molecule has 0 fully saturated rings. The van der Waals surface area contributed by atoms with Crippen molar-refractivity contribution in [1.29, 1.82) is 0 Å². The van der Waals surface area contributed by atoms with Crippen molar-refractivity contribution in [1.82, 2.24) is 4.90 Å². The maximum Gasteiger partial charge on any atom is 0.289 e. The Balaban J connectivity index is 3.02. The van der Waals surface area contributed by atoms with Crippen LogP contribution in [-0.4, -0.2) is 32.8 Å². The summed E-state index contributed by atoms with van der Waals surface area (Å²) in [5.41, 5.74) is 0. The minimum Gasteiger partial charge on any atom is -0.455 e. The van der Waals surface area contributed by atoms with Crippen LogP contribution in [-0.2, 0) is 9.05 Å². The van der Waals surface area contributed by atoms with Crippen LogP contribution in [0.25, 0.3) is 0 Å². The summed E-state index contributed by atoms with van der Waals surface area (Å²) in [5, 5.41) is 0. The number of carbonyl (C=O) groups excluding carboxylic acids is 1. The molecule has 0 aromatic carbocycles. The minimum atomic E-state index is -3.89. The van der Waals surface area contributed by atoms with Gasteiger partial charge in [-0.15, -0.1) is 0 Å². The molecule has 5 nitrogen and oxygen atoms in total. The van der Waals surface area contributed by atoms with E-state index in [0.29, 0.717) is 12.5 Å². The van der Waals surface area contributed by atoms with Crippen molar-refractivity contribution in [3.8, 4) is 0 Å². The van der Waals surface area contributed by atoms with Gasteiger partial charge < -0.3 is 9.32 Å². The minimum absolute atomic E-state index is 0.0186. The van der Waals surface area contributed by atoms with Crippen molar-refractivity contribution in [3.63, 3.8) is 0 Å². The van der Waals surface area contributed by atoms with E-state index in [2.05, 4.69) is 0 Å². The lowest BCUT2D eigenvalue weighted by Gasteiger charge is -2.17. The second kappa shape index (κ2) is 5.32. The molecule has 0 aliphatic carbocycles. The Labute approximate surface area is 111 Å². The van der Waals surface area contributed by atoms with E-state index in [1.54, 1.807) is 7.05 Å². The molecule has 0 saturated carbocycles. The Morgan fingerprint density at radius 3 is 2.44 bits per heavy atom. The van der Waals surface area contributed by atoms with Crippen LogP contribution in [0.1, 0.15) is 30.2 Å². The maximum atomic E-state index is 12.0. The van der Waals surface area contributed by atoms with E-state index in [4.69, 9.17) is 15.1 Å².